The molecule has 2 heterocycles. The highest BCUT2D eigenvalue weighted by atomic mass is 16.2. The smallest absolute Gasteiger partial charge is 0.322 e. The molecule has 2 aliphatic rings. The third-order valence-corrected chi connectivity index (χ3v) is 3.45. The first kappa shape index (κ1) is 12.5. The van der Waals surface area contributed by atoms with Gasteiger partial charge < -0.3 is 4.57 Å². The number of aromatic amines is 1. The Balaban J connectivity index is 2.61. The van der Waals surface area contributed by atoms with Crippen molar-refractivity contribution in [3.8, 4) is 11.5 Å². The van der Waals surface area contributed by atoms with Crippen LogP contribution in [0.5, 0.6) is 0 Å². The number of H-pyrrole nitrogens is 1. The van der Waals surface area contributed by atoms with Crippen LogP contribution in [0.2, 0.25) is 0 Å². The number of hydrogen-bond donors (Lipinski definition) is 1. The lowest BCUT2D eigenvalue weighted by atomic mass is 10.1. The van der Waals surface area contributed by atoms with Crippen LogP contribution < -0.4 is 11.2 Å². The summed E-state index contributed by atoms with van der Waals surface area (Å²) in [6, 6.07) is 3.89. The van der Waals surface area contributed by atoms with Crippen LogP contribution in [0.15, 0.2) is 21.7 Å². The van der Waals surface area contributed by atoms with Crippen LogP contribution in [0, 0.1) is 20.8 Å². The predicted molar refractivity (Wildman–Crippen MR) is 75.9 cm³/mol. The van der Waals surface area contributed by atoms with E-state index in [1.54, 1.807) is 4.57 Å². The molecule has 0 unspecified atom stereocenters. The largest absolute Gasteiger partial charge is 0.349 e. The molecule has 1 N–H and O–H groups in total. The molecule has 0 amide bonds. The van der Waals surface area contributed by atoms with Gasteiger partial charge in [0, 0.05) is 6.54 Å². The zero-order valence-electron chi connectivity index (χ0n) is 11.2. The van der Waals surface area contributed by atoms with Crippen LogP contribution in [0.25, 0.3) is 22.6 Å². The summed E-state index contributed by atoms with van der Waals surface area (Å²) in [6.45, 7) is 8.18. The van der Waals surface area contributed by atoms with E-state index < -0.39 is 11.2 Å². The van der Waals surface area contributed by atoms with Crippen molar-refractivity contribution in [2.75, 3.05) is 0 Å². The number of nitrogens with one attached hydrogen (secondary N) is 1. The van der Waals surface area contributed by atoms with Gasteiger partial charge in [0.1, 0.15) is 0 Å². The molecule has 0 saturated heterocycles. The molecule has 0 spiro atoms. The van der Waals surface area contributed by atoms with Crippen molar-refractivity contribution < 1.29 is 0 Å². The Kier molecular flexibility index (Phi) is 2.67. The summed E-state index contributed by atoms with van der Waals surface area (Å²) >= 11 is 0. The standard InChI is InChI=1S/C14H13N4O2/c1-4-18-10-6-8(3)7(2)5-9(10)15-11-12(18)16-14(20)17-13(11)19/h5-6H,1,4H2,2-3H3,(H,17,19,20). The first-order valence-corrected chi connectivity index (χ1v) is 6.22. The number of hydrogen-bond acceptors (Lipinski definition) is 4. The van der Waals surface area contributed by atoms with E-state index in [1.165, 1.54) is 0 Å². The maximum absolute atomic E-state index is 11.9. The lowest BCUT2D eigenvalue weighted by Gasteiger charge is -2.15. The van der Waals surface area contributed by atoms with Crippen LogP contribution in [0.3, 0.4) is 0 Å². The van der Waals surface area contributed by atoms with E-state index in [-0.39, 0.29) is 11.5 Å². The van der Waals surface area contributed by atoms with Gasteiger partial charge in [0.15, 0.2) is 11.5 Å². The topological polar surface area (TPSA) is 80.6 Å². The Hall–Kier alpha value is -2.50. The summed E-state index contributed by atoms with van der Waals surface area (Å²) in [5.41, 5.74) is 2.65. The van der Waals surface area contributed by atoms with Crippen molar-refractivity contribution in [1.82, 2.24) is 19.5 Å². The lowest BCUT2D eigenvalue weighted by molar-refractivity contribution is 0.805. The van der Waals surface area contributed by atoms with Gasteiger partial charge in [-0.3, -0.25) is 9.78 Å². The summed E-state index contributed by atoms with van der Waals surface area (Å²) in [7, 11) is 0. The molecule has 0 bridgehead atoms. The average molecular weight is 269 g/mol. The minimum Gasteiger partial charge on any atom is -0.322 e. The number of rotatable bonds is 1. The van der Waals surface area contributed by atoms with Crippen LogP contribution in [-0.2, 0) is 6.54 Å². The van der Waals surface area contributed by atoms with E-state index in [4.69, 9.17) is 0 Å². The molecule has 6 heteroatoms. The first-order chi connectivity index (χ1) is 9.51. The van der Waals surface area contributed by atoms with Crippen molar-refractivity contribution >= 4 is 11.0 Å². The van der Waals surface area contributed by atoms with Crippen LogP contribution in [0.1, 0.15) is 11.1 Å². The Morgan fingerprint density at radius 1 is 1.20 bits per heavy atom. The molecule has 1 radical (unpaired) electrons. The zero-order valence-corrected chi connectivity index (χ0v) is 11.2. The number of fused-ring (bicyclic) bond motifs is 2. The fourth-order valence-electron chi connectivity index (χ4n) is 2.28. The van der Waals surface area contributed by atoms with Gasteiger partial charge in [0.05, 0.1) is 11.0 Å². The summed E-state index contributed by atoms with van der Waals surface area (Å²) in [5.74, 6) is 0.268. The minimum absolute atomic E-state index is 0.156. The summed E-state index contributed by atoms with van der Waals surface area (Å²) in [4.78, 5) is 33.6. The van der Waals surface area contributed by atoms with E-state index in [0.717, 1.165) is 16.6 Å². The van der Waals surface area contributed by atoms with Crippen LogP contribution in [-0.4, -0.2) is 19.5 Å². The highest BCUT2D eigenvalue weighted by Gasteiger charge is 2.18. The molecule has 0 aliphatic carbocycles. The zero-order chi connectivity index (χ0) is 14.4. The third-order valence-electron chi connectivity index (χ3n) is 3.45. The van der Waals surface area contributed by atoms with Crippen molar-refractivity contribution in [1.29, 1.82) is 0 Å². The maximum atomic E-state index is 11.9. The summed E-state index contributed by atoms with van der Waals surface area (Å²) < 4.78 is 1.74. The summed E-state index contributed by atoms with van der Waals surface area (Å²) in [5, 5.41) is 0. The Labute approximate surface area is 114 Å². The molecule has 0 fully saturated rings. The molecule has 0 atom stereocenters. The number of aryl methyl sites for hydroxylation is 2. The van der Waals surface area contributed by atoms with Crippen molar-refractivity contribution in [3.63, 3.8) is 0 Å². The van der Waals surface area contributed by atoms with Gasteiger partial charge in [-0.05, 0) is 44.0 Å². The quantitative estimate of drug-likeness (QED) is 0.669. The van der Waals surface area contributed by atoms with Gasteiger partial charge in [-0.2, -0.15) is 4.98 Å². The highest BCUT2D eigenvalue weighted by Crippen LogP contribution is 2.23. The first-order valence-electron chi connectivity index (χ1n) is 6.22. The van der Waals surface area contributed by atoms with Crippen molar-refractivity contribution in [2.45, 2.75) is 20.4 Å². The Morgan fingerprint density at radius 3 is 2.60 bits per heavy atom. The van der Waals surface area contributed by atoms with Gasteiger partial charge in [-0.1, -0.05) is 0 Å². The number of benzene rings is 1. The fraction of sp³-hybridized carbons (Fsp3) is 0.214. The van der Waals surface area contributed by atoms with E-state index >= 15 is 0 Å². The number of aromatic nitrogens is 4. The van der Waals surface area contributed by atoms with Crippen LogP contribution in [0.4, 0.5) is 0 Å². The molecular formula is C14H13N4O2. The fourth-order valence-corrected chi connectivity index (χ4v) is 2.28. The molecule has 3 rings (SSSR count). The highest BCUT2D eigenvalue weighted by molar-refractivity contribution is 5.81. The van der Waals surface area contributed by atoms with Crippen molar-refractivity contribution in [2.24, 2.45) is 0 Å². The SMILES string of the molecule is [CH2]Cn1c2nc(=O)[nH]c(=O)c-2nc2cc(C)c(C)cc21. The van der Waals surface area contributed by atoms with E-state index in [9.17, 15) is 9.59 Å². The molecule has 1 aromatic carbocycles. The van der Waals surface area contributed by atoms with E-state index in [0.29, 0.717) is 12.1 Å². The predicted octanol–water partition coefficient (Wildman–Crippen LogP) is 1.04. The van der Waals surface area contributed by atoms with Gasteiger partial charge >= 0.3 is 5.69 Å². The second kappa shape index (κ2) is 4.26. The van der Waals surface area contributed by atoms with Crippen molar-refractivity contribution in [3.05, 3.63) is 51.0 Å². The second-order valence-corrected chi connectivity index (χ2v) is 4.73. The monoisotopic (exact) mass is 269 g/mol. The van der Waals surface area contributed by atoms with Gasteiger partial charge in [-0.15, -0.1) is 0 Å². The molecule has 101 valence electrons. The van der Waals surface area contributed by atoms with E-state index in [1.807, 2.05) is 26.0 Å². The molecule has 2 aliphatic heterocycles. The maximum Gasteiger partial charge on any atom is 0.349 e. The van der Waals surface area contributed by atoms with E-state index in [2.05, 4.69) is 21.9 Å². The minimum atomic E-state index is -0.672. The summed E-state index contributed by atoms with van der Waals surface area (Å²) in [6.07, 6.45) is 0. The molecule has 6 nitrogen and oxygen atoms in total. The Bertz CT molecular complexity index is 908. The normalized spacial score (nSPS) is 11.3. The molecule has 0 saturated carbocycles. The second-order valence-electron chi connectivity index (χ2n) is 4.73. The van der Waals surface area contributed by atoms with Gasteiger partial charge in [-0.25, -0.2) is 9.78 Å². The molecule has 20 heavy (non-hydrogen) atoms. The van der Waals surface area contributed by atoms with Gasteiger partial charge in [0.2, 0.25) is 0 Å². The lowest BCUT2D eigenvalue weighted by Crippen LogP contribution is -2.28. The molecule has 1 aromatic rings. The van der Waals surface area contributed by atoms with Crippen LogP contribution >= 0.6 is 0 Å². The van der Waals surface area contributed by atoms with Gasteiger partial charge in [0.25, 0.3) is 5.56 Å². The Morgan fingerprint density at radius 2 is 1.90 bits per heavy atom. The molecular weight excluding hydrogens is 256 g/mol. The number of nitrogens with zero attached hydrogens (tertiary/aromatic N) is 3. The molecule has 0 aromatic heterocycles. The third kappa shape index (κ3) is 1.72. The average Bonchev–Trinajstić information content (AvgIpc) is 2.39.